The predicted molar refractivity (Wildman–Crippen MR) is 120 cm³/mol. The van der Waals surface area contributed by atoms with Crippen LogP contribution in [0.3, 0.4) is 0 Å². The van der Waals surface area contributed by atoms with Gasteiger partial charge in [0.1, 0.15) is 12.2 Å². The van der Waals surface area contributed by atoms with Crippen LogP contribution in [0.2, 0.25) is 0 Å². The largest absolute Gasteiger partial charge is 0.372 e. The van der Waals surface area contributed by atoms with E-state index in [2.05, 4.69) is 59.5 Å². The molecule has 3 aromatic carbocycles. The van der Waals surface area contributed by atoms with Crippen LogP contribution in [-0.4, -0.2) is 20.2 Å². The van der Waals surface area contributed by atoms with Crippen LogP contribution in [0.1, 0.15) is 53.2 Å². The average Bonchev–Trinajstić information content (AvgIpc) is 3.34. The van der Waals surface area contributed by atoms with Crippen LogP contribution in [0, 0.1) is 11.3 Å². The average molecular weight is 393 g/mol. The maximum absolute atomic E-state index is 10.4. The highest BCUT2D eigenvalue weighted by atomic mass is 16.5. The summed E-state index contributed by atoms with van der Waals surface area (Å²) in [6.07, 6.45) is 4.37. The quantitative estimate of drug-likeness (QED) is 0.430. The summed E-state index contributed by atoms with van der Waals surface area (Å²) in [4.78, 5) is 2.47. The summed E-state index contributed by atoms with van der Waals surface area (Å²) in [6.45, 7) is 2.06. The first-order chi connectivity index (χ1) is 14.8. The number of rotatable bonds is 2. The molecule has 2 aliphatic carbocycles. The third-order valence-corrected chi connectivity index (χ3v) is 7.06. The number of methoxy groups -OCH3 is 1. The van der Waals surface area contributed by atoms with Gasteiger partial charge in [-0.2, -0.15) is 5.26 Å². The van der Waals surface area contributed by atoms with E-state index in [0.29, 0.717) is 0 Å². The molecule has 30 heavy (non-hydrogen) atoms. The van der Waals surface area contributed by atoms with E-state index in [-0.39, 0.29) is 6.10 Å². The molecule has 1 heterocycles. The van der Waals surface area contributed by atoms with Crippen LogP contribution < -0.4 is 4.90 Å². The number of hydrogen-bond donors (Lipinski definition) is 0. The normalized spacial score (nSPS) is 18.4. The van der Waals surface area contributed by atoms with Crippen molar-refractivity contribution in [1.29, 1.82) is 5.26 Å². The molecule has 148 valence electrons. The Hall–Kier alpha value is -3.09. The van der Waals surface area contributed by atoms with E-state index < -0.39 is 0 Å². The maximum atomic E-state index is 10.4. The molecule has 0 amide bonds. The molecule has 1 saturated heterocycles. The van der Waals surface area contributed by atoms with Crippen LogP contribution in [0.4, 0.5) is 5.69 Å². The number of fused-ring (bicyclic) bond motifs is 7. The first-order valence-corrected chi connectivity index (χ1v) is 10.9. The number of anilines is 1. The number of ether oxygens (including phenoxy) is 1. The van der Waals surface area contributed by atoms with Crippen LogP contribution >= 0.6 is 0 Å². The fourth-order valence-corrected chi connectivity index (χ4v) is 5.86. The molecular weight excluding hydrogens is 368 g/mol. The van der Waals surface area contributed by atoms with Gasteiger partial charge in [0.25, 0.3) is 0 Å². The molecule has 0 bridgehead atoms. The molecule has 0 N–H and O–H groups in total. The summed E-state index contributed by atoms with van der Waals surface area (Å²) in [6, 6.07) is 19.9. The van der Waals surface area contributed by atoms with Gasteiger partial charge in [0.15, 0.2) is 0 Å². The summed E-state index contributed by atoms with van der Waals surface area (Å²) in [7, 11) is 1.76. The number of nitrogens with zero attached hydrogens (tertiary/aromatic N) is 2. The Labute approximate surface area is 177 Å². The molecule has 3 heteroatoms. The first kappa shape index (κ1) is 17.7. The van der Waals surface area contributed by atoms with Crippen molar-refractivity contribution in [2.75, 3.05) is 25.1 Å². The van der Waals surface area contributed by atoms with Crippen LogP contribution in [0.25, 0.3) is 22.3 Å². The summed E-state index contributed by atoms with van der Waals surface area (Å²) in [5.41, 5.74) is 12.0. The van der Waals surface area contributed by atoms with E-state index in [9.17, 15) is 5.26 Å². The van der Waals surface area contributed by atoms with Crippen molar-refractivity contribution in [3.05, 3.63) is 76.3 Å². The number of piperidine rings is 1. The van der Waals surface area contributed by atoms with Crippen molar-refractivity contribution in [3.8, 4) is 28.3 Å². The predicted octanol–water partition coefficient (Wildman–Crippen LogP) is 5.84. The van der Waals surface area contributed by atoms with E-state index in [1.165, 1.54) is 58.2 Å². The summed E-state index contributed by atoms with van der Waals surface area (Å²) >= 11 is 0. The zero-order valence-electron chi connectivity index (χ0n) is 17.2. The highest BCUT2D eigenvalue weighted by Crippen LogP contribution is 2.57. The van der Waals surface area contributed by atoms with Gasteiger partial charge in [-0.1, -0.05) is 48.5 Å². The molecule has 1 unspecified atom stereocenters. The van der Waals surface area contributed by atoms with Gasteiger partial charge in [-0.15, -0.1) is 0 Å². The van der Waals surface area contributed by atoms with E-state index in [0.717, 1.165) is 36.3 Å². The van der Waals surface area contributed by atoms with Crippen LogP contribution in [-0.2, 0) is 11.2 Å². The molecule has 0 saturated carbocycles. The molecule has 3 nitrogen and oxygen atoms in total. The topological polar surface area (TPSA) is 36.3 Å². The molecule has 3 aliphatic rings. The van der Waals surface area contributed by atoms with E-state index in [1.807, 2.05) is 0 Å². The van der Waals surface area contributed by atoms with Crippen molar-refractivity contribution in [2.24, 2.45) is 0 Å². The van der Waals surface area contributed by atoms with Gasteiger partial charge in [0, 0.05) is 32.2 Å². The highest BCUT2D eigenvalue weighted by Gasteiger charge is 2.40. The zero-order chi connectivity index (χ0) is 20.2. The molecule has 6 rings (SSSR count). The van der Waals surface area contributed by atoms with Gasteiger partial charge in [0.05, 0.1) is 11.3 Å². The number of benzene rings is 3. The Morgan fingerprint density at radius 3 is 2.43 bits per heavy atom. The van der Waals surface area contributed by atoms with Crippen LogP contribution in [0.5, 0.6) is 0 Å². The zero-order valence-corrected chi connectivity index (χ0v) is 17.2. The fourth-order valence-electron chi connectivity index (χ4n) is 5.86. The van der Waals surface area contributed by atoms with Gasteiger partial charge in [-0.05, 0) is 58.2 Å². The molecule has 0 spiro atoms. The smallest absolute Gasteiger partial charge is 0.110 e. The van der Waals surface area contributed by atoms with Gasteiger partial charge in [0.2, 0.25) is 0 Å². The lowest BCUT2D eigenvalue weighted by Gasteiger charge is -2.33. The second-order valence-electron chi connectivity index (χ2n) is 8.56. The van der Waals surface area contributed by atoms with E-state index >= 15 is 0 Å². The third kappa shape index (κ3) is 2.29. The summed E-state index contributed by atoms with van der Waals surface area (Å²) < 4.78 is 6.03. The van der Waals surface area contributed by atoms with Gasteiger partial charge >= 0.3 is 0 Å². The van der Waals surface area contributed by atoms with Crippen molar-refractivity contribution in [3.63, 3.8) is 0 Å². The number of hydrogen-bond acceptors (Lipinski definition) is 3. The molecular formula is C27H24N2O. The Balaban J connectivity index is 1.74. The summed E-state index contributed by atoms with van der Waals surface area (Å²) in [5, 5.41) is 10.4. The summed E-state index contributed by atoms with van der Waals surface area (Å²) in [5.74, 6) is 0. The lowest BCUT2D eigenvalue weighted by Crippen LogP contribution is -2.31. The third-order valence-electron chi connectivity index (χ3n) is 7.06. The SMILES string of the molecule is COC1c2ccccc2-c2c3c(c(N4CCCCC4)c(C#N)c21)Cc1ccccc1-3. The maximum Gasteiger partial charge on any atom is 0.110 e. The van der Waals surface area contributed by atoms with Gasteiger partial charge in [-0.25, -0.2) is 0 Å². The monoisotopic (exact) mass is 392 g/mol. The first-order valence-electron chi connectivity index (χ1n) is 10.9. The Kier molecular flexibility index (Phi) is 3.97. The number of nitriles is 1. The lowest BCUT2D eigenvalue weighted by molar-refractivity contribution is 0.140. The highest BCUT2D eigenvalue weighted by molar-refractivity contribution is 6.01. The van der Waals surface area contributed by atoms with Crippen molar-refractivity contribution >= 4 is 5.69 Å². The fraction of sp³-hybridized carbons (Fsp3) is 0.296. The second kappa shape index (κ2) is 6.72. The lowest BCUT2D eigenvalue weighted by atomic mass is 9.88. The Morgan fingerprint density at radius 1 is 0.933 bits per heavy atom. The van der Waals surface area contributed by atoms with Gasteiger partial charge < -0.3 is 9.64 Å². The molecule has 1 aliphatic heterocycles. The second-order valence-corrected chi connectivity index (χ2v) is 8.56. The van der Waals surface area contributed by atoms with Crippen molar-refractivity contribution in [2.45, 2.75) is 31.8 Å². The Bertz CT molecular complexity index is 1210. The standard InChI is InChI=1S/C27H24N2O/c1-30-27-20-12-6-5-11-19(20)24-23-18-10-4-3-9-17(18)15-21(23)26(22(16-28)25(24)27)29-13-7-2-8-14-29/h3-6,9-12,27H,2,7-8,13-15H2,1H3. The van der Waals surface area contributed by atoms with E-state index in [1.54, 1.807) is 7.11 Å². The minimum absolute atomic E-state index is 0.188. The molecule has 0 aromatic heterocycles. The molecule has 1 atom stereocenters. The molecule has 1 fully saturated rings. The molecule has 0 radical (unpaired) electrons. The van der Waals surface area contributed by atoms with Crippen molar-refractivity contribution in [1.82, 2.24) is 0 Å². The minimum atomic E-state index is -0.188. The van der Waals surface area contributed by atoms with E-state index in [4.69, 9.17) is 4.74 Å². The minimum Gasteiger partial charge on any atom is -0.372 e. The van der Waals surface area contributed by atoms with Gasteiger partial charge in [-0.3, -0.25) is 0 Å². The Morgan fingerprint density at radius 2 is 1.67 bits per heavy atom. The molecule has 3 aromatic rings. The van der Waals surface area contributed by atoms with Crippen molar-refractivity contribution < 1.29 is 4.74 Å². The van der Waals surface area contributed by atoms with Crippen LogP contribution in [0.15, 0.2) is 48.5 Å².